The van der Waals surface area contributed by atoms with Crippen LogP contribution < -0.4 is 0 Å². The highest BCUT2D eigenvalue weighted by Gasteiger charge is 2.17. The molecule has 0 saturated carbocycles. The topological polar surface area (TPSA) is 69.6 Å². The molecule has 0 unspecified atom stereocenters. The maximum absolute atomic E-state index is 5.45. The lowest BCUT2D eigenvalue weighted by atomic mass is 10.2. The first-order valence-electron chi connectivity index (χ1n) is 9.86. The van der Waals surface area contributed by atoms with Gasteiger partial charge in [0, 0.05) is 16.8 Å². The van der Waals surface area contributed by atoms with Gasteiger partial charge >= 0.3 is 0 Å². The number of hydrogen-bond donors (Lipinski definition) is 0. The van der Waals surface area contributed by atoms with Crippen molar-refractivity contribution in [1.82, 2.24) is 24.9 Å². The average Bonchev–Trinajstić information content (AvgIpc) is 3.47. The minimum atomic E-state index is 0.499. The van der Waals surface area contributed by atoms with Crippen molar-refractivity contribution in [3.63, 3.8) is 0 Å². The summed E-state index contributed by atoms with van der Waals surface area (Å²) in [5, 5.41) is 13.8. The Hall–Kier alpha value is -3.71. The third-order valence-electron chi connectivity index (χ3n) is 4.78. The molecule has 0 radical (unpaired) electrons. The fraction of sp³-hybridized carbons (Fsp3) is 0.0833. The highest BCUT2D eigenvalue weighted by atomic mass is 32.2. The van der Waals surface area contributed by atoms with E-state index in [1.807, 2.05) is 60.7 Å². The largest absolute Gasteiger partial charge is 0.338 e. The van der Waals surface area contributed by atoms with Gasteiger partial charge in [-0.25, -0.2) is 0 Å². The molecule has 3 aromatic carbocycles. The molecule has 0 saturated heterocycles. The molecular weight excluding hydrogens is 406 g/mol. The van der Waals surface area contributed by atoms with Crippen molar-refractivity contribution in [3.8, 4) is 28.5 Å². The smallest absolute Gasteiger partial charge is 0.237 e. The summed E-state index contributed by atoms with van der Waals surface area (Å²) in [5.74, 6) is 2.42. The quantitative estimate of drug-likeness (QED) is 0.331. The van der Waals surface area contributed by atoms with Crippen LogP contribution in [-0.4, -0.2) is 24.9 Å². The van der Waals surface area contributed by atoms with E-state index in [0.29, 0.717) is 17.5 Å². The van der Waals surface area contributed by atoms with E-state index in [4.69, 9.17) is 4.52 Å². The molecule has 2 aromatic heterocycles. The van der Waals surface area contributed by atoms with Crippen molar-refractivity contribution in [3.05, 3.63) is 96.4 Å². The minimum Gasteiger partial charge on any atom is -0.338 e. The summed E-state index contributed by atoms with van der Waals surface area (Å²) in [7, 11) is 0. The molecule has 5 aromatic rings. The van der Waals surface area contributed by atoms with Crippen LogP contribution in [0.15, 0.2) is 94.6 Å². The molecule has 0 amide bonds. The van der Waals surface area contributed by atoms with E-state index in [-0.39, 0.29) is 0 Å². The van der Waals surface area contributed by atoms with Crippen LogP contribution in [0.3, 0.4) is 0 Å². The summed E-state index contributed by atoms with van der Waals surface area (Å²) in [6.07, 6.45) is 0. The van der Waals surface area contributed by atoms with Gasteiger partial charge in [0.25, 0.3) is 0 Å². The van der Waals surface area contributed by atoms with E-state index in [1.165, 1.54) is 17.3 Å². The SMILES string of the molecule is Cc1ccc(-n2c(SCc3nc(-c4ccccc4)no3)nnc2-c2ccccc2)cc1. The Balaban J connectivity index is 1.45. The van der Waals surface area contributed by atoms with E-state index < -0.39 is 0 Å². The van der Waals surface area contributed by atoms with Crippen LogP contribution in [0.2, 0.25) is 0 Å². The monoisotopic (exact) mass is 425 g/mol. The molecule has 152 valence electrons. The predicted octanol–water partition coefficient (Wildman–Crippen LogP) is 5.59. The summed E-state index contributed by atoms with van der Waals surface area (Å²) in [5.41, 5.74) is 4.14. The van der Waals surface area contributed by atoms with Crippen LogP contribution in [0.4, 0.5) is 0 Å². The van der Waals surface area contributed by atoms with E-state index in [0.717, 1.165) is 27.8 Å². The zero-order valence-corrected chi connectivity index (χ0v) is 17.7. The highest BCUT2D eigenvalue weighted by molar-refractivity contribution is 7.98. The van der Waals surface area contributed by atoms with E-state index in [9.17, 15) is 0 Å². The Bertz CT molecular complexity index is 1280. The number of benzene rings is 3. The lowest BCUT2D eigenvalue weighted by Gasteiger charge is -2.10. The maximum atomic E-state index is 5.45. The Labute approximate surface area is 184 Å². The summed E-state index contributed by atoms with van der Waals surface area (Å²) >= 11 is 1.52. The molecule has 31 heavy (non-hydrogen) atoms. The van der Waals surface area contributed by atoms with Gasteiger partial charge in [-0.15, -0.1) is 10.2 Å². The molecule has 0 N–H and O–H groups in total. The van der Waals surface area contributed by atoms with Crippen molar-refractivity contribution in [2.24, 2.45) is 0 Å². The van der Waals surface area contributed by atoms with Gasteiger partial charge in [0.05, 0.1) is 5.75 Å². The molecule has 0 aliphatic heterocycles. The number of rotatable bonds is 6. The zero-order chi connectivity index (χ0) is 21.0. The predicted molar refractivity (Wildman–Crippen MR) is 121 cm³/mol. The normalized spacial score (nSPS) is 11.0. The average molecular weight is 426 g/mol. The number of nitrogens with zero attached hydrogens (tertiary/aromatic N) is 5. The van der Waals surface area contributed by atoms with Crippen LogP contribution in [-0.2, 0) is 5.75 Å². The van der Waals surface area contributed by atoms with Crippen molar-refractivity contribution >= 4 is 11.8 Å². The Morgan fingerprint density at radius 3 is 2.19 bits per heavy atom. The summed E-state index contributed by atoms with van der Waals surface area (Å²) < 4.78 is 7.52. The van der Waals surface area contributed by atoms with Gasteiger partial charge < -0.3 is 4.52 Å². The fourth-order valence-electron chi connectivity index (χ4n) is 3.21. The number of aromatic nitrogens is 5. The van der Waals surface area contributed by atoms with Crippen molar-refractivity contribution in [2.75, 3.05) is 0 Å². The van der Waals surface area contributed by atoms with Crippen LogP contribution in [0, 0.1) is 6.92 Å². The highest BCUT2D eigenvalue weighted by Crippen LogP contribution is 2.30. The molecule has 7 heteroatoms. The fourth-order valence-corrected chi connectivity index (χ4v) is 4.00. The lowest BCUT2D eigenvalue weighted by molar-refractivity contribution is 0.391. The van der Waals surface area contributed by atoms with Crippen molar-refractivity contribution < 1.29 is 4.52 Å². The third kappa shape index (κ3) is 4.13. The Morgan fingerprint density at radius 2 is 1.48 bits per heavy atom. The molecular formula is C24H19N5OS. The molecule has 0 aliphatic carbocycles. The maximum Gasteiger partial charge on any atom is 0.237 e. The molecule has 0 spiro atoms. The van der Waals surface area contributed by atoms with E-state index in [1.54, 1.807) is 0 Å². The van der Waals surface area contributed by atoms with Gasteiger partial charge in [-0.3, -0.25) is 4.57 Å². The summed E-state index contributed by atoms with van der Waals surface area (Å²) in [6, 6.07) is 28.2. The zero-order valence-electron chi connectivity index (χ0n) is 16.8. The lowest BCUT2D eigenvalue weighted by Crippen LogP contribution is -2.00. The van der Waals surface area contributed by atoms with Crippen molar-refractivity contribution in [2.45, 2.75) is 17.8 Å². The number of aryl methyl sites for hydroxylation is 1. The van der Waals surface area contributed by atoms with Gasteiger partial charge in [0.2, 0.25) is 11.7 Å². The molecule has 6 nitrogen and oxygen atoms in total. The van der Waals surface area contributed by atoms with Crippen LogP contribution in [0.5, 0.6) is 0 Å². The van der Waals surface area contributed by atoms with Gasteiger partial charge in [-0.05, 0) is 19.1 Å². The van der Waals surface area contributed by atoms with Crippen molar-refractivity contribution in [1.29, 1.82) is 0 Å². The van der Waals surface area contributed by atoms with Crippen LogP contribution >= 0.6 is 11.8 Å². The molecule has 0 atom stereocenters. The molecule has 0 aliphatic rings. The Kier molecular flexibility index (Phi) is 5.33. The third-order valence-corrected chi connectivity index (χ3v) is 5.70. The minimum absolute atomic E-state index is 0.499. The standard InChI is InChI=1S/C24H19N5OS/c1-17-12-14-20(15-13-17)29-23(19-10-6-3-7-11-19)26-27-24(29)31-16-21-25-22(28-30-21)18-8-4-2-5-9-18/h2-15H,16H2,1H3. The second kappa shape index (κ2) is 8.57. The summed E-state index contributed by atoms with van der Waals surface area (Å²) in [4.78, 5) is 4.52. The first-order valence-corrected chi connectivity index (χ1v) is 10.9. The van der Waals surface area contributed by atoms with Crippen LogP contribution in [0.1, 0.15) is 11.5 Å². The first kappa shape index (κ1) is 19.3. The number of hydrogen-bond acceptors (Lipinski definition) is 6. The first-order chi connectivity index (χ1) is 15.3. The molecule has 2 heterocycles. The van der Waals surface area contributed by atoms with Gasteiger partial charge in [-0.1, -0.05) is 95.3 Å². The number of thioether (sulfide) groups is 1. The summed E-state index contributed by atoms with van der Waals surface area (Å²) in [6.45, 7) is 2.07. The second-order valence-electron chi connectivity index (χ2n) is 7.01. The van der Waals surface area contributed by atoms with E-state index >= 15 is 0 Å². The van der Waals surface area contributed by atoms with Gasteiger partial charge in [0.1, 0.15) is 0 Å². The Morgan fingerprint density at radius 1 is 0.806 bits per heavy atom. The molecule has 0 bridgehead atoms. The molecule has 5 rings (SSSR count). The van der Waals surface area contributed by atoms with Gasteiger partial charge in [-0.2, -0.15) is 4.98 Å². The van der Waals surface area contributed by atoms with Crippen LogP contribution in [0.25, 0.3) is 28.5 Å². The van der Waals surface area contributed by atoms with E-state index in [2.05, 4.69) is 56.1 Å². The molecule has 0 fully saturated rings. The second-order valence-corrected chi connectivity index (χ2v) is 7.95. The van der Waals surface area contributed by atoms with Gasteiger partial charge in [0.15, 0.2) is 11.0 Å².